The van der Waals surface area contributed by atoms with Gasteiger partial charge < -0.3 is 20.7 Å². The lowest BCUT2D eigenvalue weighted by atomic mass is 10.2. The minimum Gasteiger partial charge on any atom is -0.495 e. The van der Waals surface area contributed by atoms with Crippen LogP contribution in [0.15, 0.2) is 24.3 Å². The molecule has 0 spiro atoms. The molecule has 2 unspecified atom stereocenters. The number of benzene rings is 1. The Bertz CT molecular complexity index is 436. The van der Waals surface area contributed by atoms with Crippen molar-refractivity contribution < 1.29 is 9.53 Å². The lowest BCUT2D eigenvalue weighted by molar-refractivity contribution is 0.208. The van der Waals surface area contributed by atoms with E-state index < -0.39 is 0 Å². The summed E-state index contributed by atoms with van der Waals surface area (Å²) in [5.41, 5.74) is 6.59. The summed E-state index contributed by atoms with van der Waals surface area (Å²) in [6.07, 6.45) is 0.848. The van der Waals surface area contributed by atoms with Gasteiger partial charge in [-0.3, -0.25) is 0 Å². The van der Waals surface area contributed by atoms with Crippen molar-refractivity contribution in [2.75, 3.05) is 19.0 Å². The second kappa shape index (κ2) is 5.27. The molecule has 2 atom stereocenters. The molecule has 1 aliphatic heterocycles. The number of carbonyl (C=O) groups is 1. The van der Waals surface area contributed by atoms with Crippen molar-refractivity contribution in [2.45, 2.75) is 25.4 Å². The summed E-state index contributed by atoms with van der Waals surface area (Å²) >= 11 is 0. The zero-order valence-corrected chi connectivity index (χ0v) is 10.7. The van der Waals surface area contributed by atoms with Crippen molar-refractivity contribution in [3.05, 3.63) is 24.3 Å². The largest absolute Gasteiger partial charge is 0.495 e. The van der Waals surface area contributed by atoms with Gasteiger partial charge in [0.05, 0.1) is 12.8 Å². The van der Waals surface area contributed by atoms with E-state index in [2.05, 4.69) is 5.32 Å². The number of hydrogen-bond acceptors (Lipinski definition) is 3. The Morgan fingerprint density at radius 1 is 1.50 bits per heavy atom. The average molecular weight is 249 g/mol. The topological polar surface area (TPSA) is 67.6 Å². The first kappa shape index (κ1) is 12.7. The maximum Gasteiger partial charge on any atom is 0.322 e. The van der Waals surface area contributed by atoms with Crippen LogP contribution >= 0.6 is 0 Å². The first-order valence-corrected chi connectivity index (χ1v) is 6.09. The summed E-state index contributed by atoms with van der Waals surface area (Å²) in [4.78, 5) is 13.9. The molecule has 0 aromatic heterocycles. The molecule has 5 heteroatoms. The fraction of sp³-hybridized carbons (Fsp3) is 0.462. The van der Waals surface area contributed by atoms with E-state index >= 15 is 0 Å². The average Bonchev–Trinajstić information content (AvgIpc) is 2.71. The summed E-state index contributed by atoms with van der Waals surface area (Å²) in [6, 6.07) is 7.36. The van der Waals surface area contributed by atoms with Gasteiger partial charge in [-0.1, -0.05) is 12.1 Å². The highest BCUT2D eigenvalue weighted by Gasteiger charge is 2.31. The maximum absolute atomic E-state index is 12.1. The van der Waals surface area contributed by atoms with Crippen LogP contribution in [0.2, 0.25) is 0 Å². The Balaban J connectivity index is 2.07. The van der Waals surface area contributed by atoms with Gasteiger partial charge in [0, 0.05) is 18.6 Å². The van der Waals surface area contributed by atoms with Crippen LogP contribution in [-0.2, 0) is 0 Å². The molecule has 2 rings (SSSR count). The number of amides is 2. The molecule has 5 nitrogen and oxygen atoms in total. The van der Waals surface area contributed by atoms with Gasteiger partial charge in [0.15, 0.2) is 0 Å². The SMILES string of the molecule is COc1ccccc1NC(=O)N1CCC(N)C1C. The number of nitrogens with one attached hydrogen (secondary N) is 1. The smallest absolute Gasteiger partial charge is 0.322 e. The van der Waals surface area contributed by atoms with E-state index in [0.29, 0.717) is 18.0 Å². The number of rotatable bonds is 2. The number of carbonyl (C=O) groups excluding carboxylic acids is 1. The van der Waals surface area contributed by atoms with Gasteiger partial charge >= 0.3 is 6.03 Å². The number of para-hydroxylation sites is 2. The Morgan fingerprint density at radius 2 is 2.22 bits per heavy atom. The Labute approximate surface area is 107 Å². The van der Waals surface area contributed by atoms with Crippen LogP contribution in [-0.4, -0.2) is 36.7 Å². The molecular formula is C13H19N3O2. The van der Waals surface area contributed by atoms with E-state index in [1.165, 1.54) is 0 Å². The van der Waals surface area contributed by atoms with Crippen LogP contribution in [0.1, 0.15) is 13.3 Å². The highest BCUT2D eigenvalue weighted by atomic mass is 16.5. The fourth-order valence-corrected chi connectivity index (χ4v) is 2.19. The molecule has 1 fully saturated rings. The lowest BCUT2D eigenvalue weighted by Crippen LogP contribution is -2.42. The minimum atomic E-state index is -0.125. The number of nitrogens with zero attached hydrogens (tertiary/aromatic N) is 1. The predicted molar refractivity (Wildman–Crippen MR) is 70.8 cm³/mol. The summed E-state index contributed by atoms with van der Waals surface area (Å²) in [6.45, 7) is 2.67. The van der Waals surface area contributed by atoms with Crippen LogP contribution in [0.25, 0.3) is 0 Å². The zero-order chi connectivity index (χ0) is 13.1. The number of ether oxygens (including phenoxy) is 1. The molecule has 0 bridgehead atoms. The Morgan fingerprint density at radius 3 is 2.83 bits per heavy atom. The highest BCUT2D eigenvalue weighted by molar-refractivity contribution is 5.91. The Hall–Kier alpha value is -1.75. The number of urea groups is 1. The minimum absolute atomic E-state index is 0.0634. The molecule has 1 aromatic rings. The van der Waals surface area contributed by atoms with E-state index in [1.54, 1.807) is 12.0 Å². The van der Waals surface area contributed by atoms with Gasteiger partial charge in [-0.05, 0) is 25.5 Å². The molecular weight excluding hydrogens is 230 g/mol. The first-order valence-electron chi connectivity index (χ1n) is 6.09. The van der Waals surface area contributed by atoms with Crippen molar-refractivity contribution in [2.24, 2.45) is 5.73 Å². The quantitative estimate of drug-likeness (QED) is 0.837. The van der Waals surface area contributed by atoms with Gasteiger partial charge in [0.1, 0.15) is 5.75 Å². The van der Waals surface area contributed by atoms with Gasteiger partial charge in [-0.25, -0.2) is 4.79 Å². The maximum atomic E-state index is 12.1. The van der Waals surface area contributed by atoms with Crippen LogP contribution in [0.4, 0.5) is 10.5 Å². The van der Waals surface area contributed by atoms with Crippen molar-refractivity contribution in [3.63, 3.8) is 0 Å². The Kier molecular flexibility index (Phi) is 3.72. The molecule has 0 radical (unpaired) electrons. The van der Waals surface area contributed by atoms with E-state index in [1.807, 2.05) is 31.2 Å². The lowest BCUT2D eigenvalue weighted by Gasteiger charge is -2.24. The van der Waals surface area contributed by atoms with Crippen LogP contribution in [0.3, 0.4) is 0 Å². The van der Waals surface area contributed by atoms with Crippen LogP contribution in [0, 0.1) is 0 Å². The van der Waals surface area contributed by atoms with E-state index in [-0.39, 0.29) is 18.1 Å². The zero-order valence-electron chi connectivity index (χ0n) is 10.7. The van der Waals surface area contributed by atoms with Crippen molar-refractivity contribution in [1.29, 1.82) is 0 Å². The number of hydrogen-bond donors (Lipinski definition) is 2. The number of nitrogens with two attached hydrogens (primary N) is 1. The molecule has 98 valence electrons. The third kappa shape index (κ3) is 2.41. The van der Waals surface area contributed by atoms with Crippen molar-refractivity contribution in [3.8, 4) is 5.75 Å². The fourth-order valence-electron chi connectivity index (χ4n) is 2.19. The van der Waals surface area contributed by atoms with Gasteiger partial charge in [0.2, 0.25) is 0 Å². The van der Waals surface area contributed by atoms with E-state index in [0.717, 1.165) is 6.42 Å². The number of anilines is 1. The van der Waals surface area contributed by atoms with E-state index in [4.69, 9.17) is 10.5 Å². The first-order chi connectivity index (χ1) is 8.63. The molecule has 1 saturated heterocycles. The standard InChI is InChI=1S/C13H19N3O2/c1-9-10(14)7-8-16(9)13(17)15-11-5-3-4-6-12(11)18-2/h3-6,9-10H,7-8,14H2,1-2H3,(H,15,17). The second-order valence-electron chi connectivity index (χ2n) is 4.52. The predicted octanol–water partition coefficient (Wildman–Crippen LogP) is 1.65. The molecule has 1 aliphatic rings. The molecule has 1 aromatic carbocycles. The van der Waals surface area contributed by atoms with Crippen molar-refractivity contribution >= 4 is 11.7 Å². The molecule has 0 aliphatic carbocycles. The van der Waals surface area contributed by atoms with Crippen LogP contribution in [0.5, 0.6) is 5.75 Å². The molecule has 0 saturated carbocycles. The molecule has 1 heterocycles. The van der Waals surface area contributed by atoms with Gasteiger partial charge in [-0.2, -0.15) is 0 Å². The second-order valence-corrected chi connectivity index (χ2v) is 4.52. The van der Waals surface area contributed by atoms with Crippen LogP contribution < -0.4 is 15.8 Å². The van der Waals surface area contributed by atoms with E-state index in [9.17, 15) is 4.79 Å². The normalized spacial score (nSPS) is 22.9. The highest BCUT2D eigenvalue weighted by Crippen LogP contribution is 2.24. The monoisotopic (exact) mass is 249 g/mol. The molecule has 3 N–H and O–H groups in total. The third-order valence-electron chi connectivity index (χ3n) is 3.42. The van der Waals surface area contributed by atoms with Crippen molar-refractivity contribution in [1.82, 2.24) is 4.90 Å². The molecule has 2 amide bonds. The number of likely N-dealkylation sites (tertiary alicyclic amines) is 1. The number of methoxy groups -OCH3 is 1. The third-order valence-corrected chi connectivity index (χ3v) is 3.42. The summed E-state index contributed by atoms with van der Waals surface area (Å²) in [7, 11) is 1.58. The summed E-state index contributed by atoms with van der Waals surface area (Å²) in [5, 5.41) is 2.86. The molecule has 18 heavy (non-hydrogen) atoms. The summed E-state index contributed by atoms with van der Waals surface area (Å²) in [5.74, 6) is 0.655. The van der Waals surface area contributed by atoms with Gasteiger partial charge in [-0.15, -0.1) is 0 Å². The van der Waals surface area contributed by atoms with Gasteiger partial charge in [0.25, 0.3) is 0 Å². The summed E-state index contributed by atoms with van der Waals surface area (Å²) < 4.78 is 5.20.